The Morgan fingerprint density at radius 2 is 1.81 bits per heavy atom. The van der Waals surface area contributed by atoms with Gasteiger partial charge in [0.25, 0.3) is 5.91 Å². The summed E-state index contributed by atoms with van der Waals surface area (Å²) in [7, 11) is -2.53. The molecule has 1 unspecified atom stereocenters. The maximum Gasteiger partial charge on any atom is 0.350 e. The third-order valence-corrected chi connectivity index (χ3v) is 10.5. The number of sulfonamides is 1. The van der Waals surface area contributed by atoms with Crippen LogP contribution in [0.1, 0.15) is 57.3 Å². The van der Waals surface area contributed by atoms with Gasteiger partial charge in [-0.25, -0.2) is 22.5 Å². The molecule has 54 heavy (non-hydrogen) atoms. The summed E-state index contributed by atoms with van der Waals surface area (Å²) in [5.41, 5.74) is 4.26. The van der Waals surface area contributed by atoms with Gasteiger partial charge in [0.15, 0.2) is 0 Å². The zero-order chi connectivity index (χ0) is 39.7. The number of amides is 1. The van der Waals surface area contributed by atoms with E-state index in [1.54, 1.807) is 12.1 Å². The van der Waals surface area contributed by atoms with Crippen molar-refractivity contribution in [2.45, 2.75) is 69.6 Å². The minimum atomic E-state index is -3.85. The maximum absolute atomic E-state index is 14.2. The summed E-state index contributed by atoms with van der Waals surface area (Å²) in [5.74, 6) is -1.42. The first-order chi connectivity index (χ1) is 25.5. The molecule has 0 radical (unpaired) electrons. The highest BCUT2D eigenvalue weighted by Gasteiger charge is 2.27. The van der Waals surface area contributed by atoms with Crippen LogP contribution in [-0.4, -0.2) is 77.1 Å². The van der Waals surface area contributed by atoms with Crippen molar-refractivity contribution in [2.75, 3.05) is 37.5 Å². The van der Waals surface area contributed by atoms with E-state index in [1.807, 2.05) is 27.7 Å². The third kappa shape index (κ3) is 11.4. The molecule has 4 rings (SSSR count). The van der Waals surface area contributed by atoms with Gasteiger partial charge in [0.05, 0.1) is 63.6 Å². The van der Waals surface area contributed by atoms with E-state index in [4.69, 9.17) is 19.9 Å². The minimum absolute atomic E-state index is 0.0541. The molecule has 2 heterocycles. The van der Waals surface area contributed by atoms with Crippen LogP contribution in [0.3, 0.4) is 0 Å². The van der Waals surface area contributed by atoms with Gasteiger partial charge in [-0.05, 0) is 92.4 Å². The summed E-state index contributed by atoms with van der Waals surface area (Å²) < 4.78 is 62.1. The average molecular weight is 837 g/mol. The molecular weight excluding hydrogens is 793 g/mol. The fraction of sp³-hybridized carbons (Fsp3) is 0.412. The number of anilines is 4. The van der Waals surface area contributed by atoms with E-state index in [9.17, 15) is 27.7 Å². The lowest BCUT2D eigenvalue weighted by Gasteiger charge is -2.32. The van der Waals surface area contributed by atoms with Crippen LogP contribution in [0.15, 0.2) is 64.2 Å². The molecule has 0 bridgehead atoms. The van der Waals surface area contributed by atoms with E-state index in [2.05, 4.69) is 46.4 Å². The van der Waals surface area contributed by atoms with E-state index >= 15 is 0 Å². The highest BCUT2D eigenvalue weighted by molar-refractivity contribution is 9.10. The average Bonchev–Trinajstić information content (AvgIpc) is 3.53. The smallest absolute Gasteiger partial charge is 0.350 e. The van der Waals surface area contributed by atoms with Crippen molar-refractivity contribution in [3.8, 4) is 5.88 Å². The van der Waals surface area contributed by atoms with Gasteiger partial charge in [0.2, 0.25) is 16.0 Å². The van der Waals surface area contributed by atoms with Gasteiger partial charge in [0.1, 0.15) is 17.8 Å². The van der Waals surface area contributed by atoms with Crippen molar-refractivity contribution in [1.82, 2.24) is 24.5 Å². The van der Waals surface area contributed by atoms with E-state index < -0.39 is 37.9 Å². The molecule has 292 valence electrons. The number of nitrogens with two attached hydrogens (primary N) is 1. The van der Waals surface area contributed by atoms with E-state index in [0.29, 0.717) is 42.6 Å². The molecule has 2 aromatic heterocycles. The van der Waals surface area contributed by atoms with Gasteiger partial charge in [-0.15, -0.1) is 5.10 Å². The molecule has 5 N–H and O–H groups in total. The molecule has 2 aromatic carbocycles. The Hall–Kier alpha value is -4.76. The Balaban J connectivity index is 1.26. The predicted molar refractivity (Wildman–Crippen MR) is 202 cm³/mol. The zero-order valence-corrected chi connectivity index (χ0v) is 32.8. The van der Waals surface area contributed by atoms with Crippen molar-refractivity contribution in [3.63, 3.8) is 0 Å². The summed E-state index contributed by atoms with van der Waals surface area (Å²) in [5, 5.41) is 21.1. The Labute approximate surface area is 320 Å². The molecule has 1 atom stereocenters. The number of nitrogens with one attached hydrogen (secondary N) is 3. The number of methoxy groups -OCH3 is 1. The van der Waals surface area contributed by atoms with Crippen LogP contribution in [0.5, 0.6) is 5.88 Å². The summed E-state index contributed by atoms with van der Waals surface area (Å²) in [4.78, 5) is 31.0. The second kappa shape index (κ2) is 18.0. The highest BCUT2D eigenvalue weighted by Crippen LogP contribution is 2.29. The van der Waals surface area contributed by atoms with Gasteiger partial charge >= 0.3 is 11.6 Å². The normalized spacial score (nSPS) is 12.9. The fourth-order valence-corrected chi connectivity index (χ4v) is 6.38. The summed E-state index contributed by atoms with van der Waals surface area (Å²) in [6.45, 7) is 8.76. The number of hydrogen-bond donors (Lipinski definition) is 4. The van der Waals surface area contributed by atoms with Crippen molar-refractivity contribution >= 4 is 60.7 Å². The van der Waals surface area contributed by atoms with Crippen LogP contribution in [0.2, 0.25) is 0 Å². The molecule has 17 nitrogen and oxygen atoms in total. The van der Waals surface area contributed by atoms with Crippen LogP contribution in [0.4, 0.5) is 33.2 Å². The maximum atomic E-state index is 14.2. The Kier molecular flexibility index (Phi) is 14.0. The molecule has 0 aliphatic heterocycles. The van der Waals surface area contributed by atoms with Gasteiger partial charge in [-0.2, -0.15) is 4.98 Å². The molecule has 0 fully saturated rings. The number of nitrogens with zero attached hydrogens (tertiary/aromatic N) is 5. The summed E-state index contributed by atoms with van der Waals surface area (Å²) in [6.07, 6.45) is 4.35. The lowest BCUT2D eigenvalue weighted by molar-refractivity contribution is -0.385. The molecule has 4 aromatic rings. The molecule has 1 amide bonds. The first kappa shape index (κ1) is 42.0. The van der Waals surface area contributed by atoms with Gasteiger partial charge in [-0.1, -0.05) is 13.0 Å². The molecule has 0 saturated carbocycles. The number of rotatable bonds is 21. The molecule has 0 spiro atoms. The number of primary amides is 1. The second-order valence-corrected chi connectivity index (χ2v) is 15.5. The van der Waals surface area contributed by atoms with Crippen molar-refractivity contribution in [1.29, 1.82) is 0 Å². The Morgan fingerprint density at radius 3 is 2.44 bits per heavy atom. The molecule has 0 saturated heterocycles. The van der Waals surface area contributed by atoms with Crippen LogP contribution in [0, 0.1) is 15.9 Å². The first-order valence-corrected chi connectivity index (χ1v) is 19.0. The number of ether oxygens (including phenoxy) is 3. The minimum Gasteiger partial charge on any atom is -0.475 e. The molecule has 20 heteroatoms. The van der Waals surface area contributed by atoms with Crippen LogP contribution < -0.4 is 25.8 Å². The van der Waals surface area contributed by atoms with Crippen molar-refractivity contribution in [3.05, 3.63) is 80.8 Å². The Bertz CT molecular complexity index is 2050. The zero-order valence-electron chi connectivity index (χ0n) is 30.4. The van der Waals surface area contributed by atoms with Gasteiger partial charge < -0.3 is 30.6 Å². The monoisotopic (exact) mass is 835 g/mol. The molecule has 0 aliphatic carbocycles. The van der Waals surface area contributed by atoms with Crippen LogP contribution in [0.25, 0.3) is 0 Å². The molecular formula is C34H43BrFN9O8S. The number of carbonyl (C=O) groups excluding carboxylic acids is 1. The largest absolute Gasteiger partial charge is 0.475 e. The van der Waals surface area contributed by atoms with Crippen molar-refractivity contribution in [2.24, 2.45) is 5.73 Å². The standard InChI is InChI=1S/C34H43BrFN9O8S/c1-6-34(4,53-18-15-33(2,3)52-19-17-44-21-27(45(47)48)31(43-44)51-5)14-16-39-54(49,50)23-12-10-22(11-13-23)40-32-38-20-24(35)30(42-32)41-26-9-7-8-25(36)28(26)29(37)46/h7-13,20-21,39H,6,14-19H2,1-5H3,(H2,37,46)(H2,38,40,41,42). The number of carbonyl (C=O) groups is 1. The number of halogens is 2. The van der Waals surface area contributed by atoms with Crippen molar-refractivity contribution < 1.29 is 36.7 Å². The number of aromatic nitrogens is 4. The fourth-order valence-electron chi connectivity index (χ4n) is 5.06. The van der Waals surface area contributed by atoms with Crippen LogP contribution in [-0.2, 0) is 26.0 Å². The lowest BCUT2D eigenvalue weighted by Crippen LogP contribution is -2.36. The number of nitro groups is 1. The second-order valence-electron chi connectivity index (χ2n) is 12.9. The lowest BCUT2D eigenvalue weighted by atomic mass is 9.98. The van der Waals surface area contributed by atoms with Gasteiger partial charge in [0, 0.05) is 18.4 Å². The first-order valence-electron chi connectivity index (χ1n) is 16.7. The van der Waals surface area contributed by atoms with E-state index in [0.717, 1.165) is 6.07 Å². The quantitative estimate of drug-likeness (QED) is 0.0574. The van der Waals surface area contributed by atoms with E-state index in [-0.39, 0.29) is 52.6 Å². The number of benzene rings is 2. The van der Waals surface area contributed by atoms with Crippen LogP contribution >= 0.6 is 15.9 Å². The summed E-state index contributed by atoms with van der Waals surface area (Å²) in [6, 6.07) is 10.0. The van der Waals surface area contributed by atoms with E-state index in [1.165, 1.54) is 48.5 Å². The number of hydrogen-bond acceptors (Lipinski definition) is 13. The highest BCUT2D eigenvalue weighted by atomic mass is 79.9. The Morgan fingerprint density at radius 1 is 1.09 bits per heavy atom. The predicted octanol–water partition coefficient (Wildman–Crippen LogP) is 5.82. The SMILES string of the molecule is CCC(C)(CCNS(=O)(=O)c1ccc(Nc2ncc(Br)c(Nc3cccc(F)c3C(N)=O)n2)cc1)OCCC(C)(C)OCCn1cc([N+](=O)[O-])c(OC)n1. The topological polar surface area (TPSA) is 228 Å². The molecule has 0 aliphatic rings. The third-order valence-electron chi connectivity index (χ3n) is 8.44. The summed E-state index contributed by atoms with van der Waals surface area (Å²) >= 11 is 3.33. The van der Waals surface area contributed by atoms with Gasteiger partial charge in [-0.3, -0.25) is 19.6 Å².